The summed E-state index contributed by atoms with van der Waals surface area (Å²) in [6, 6.07) is 4.70. The minimum absolute atomic E-state index is 0.0688. The number of benzene rings is 1. The van der Waals surface area contributed by atoms with E-state index in [0.29, 0.717) is 0 Å². The Morgan fingerprint density at radius 3 is 2.53 bits per heavy atom. The van der Waals surface area contributed by atoms with E-state index in [1.54, 1.807) is 0 Å². The molecule has 1 atom stereocenters. The zero-order chi connectivity index (χ0) is 11.5. The van der Waals surface area contributed by atoms with Crippen LogP contribution < -0.4 is 10.5 Å². The molecule has 1 rings (SSSR count). The van der Waals surface area contributed by atoms with E-state index in [-0.39, 0.29) is 12.1 Å². The molecule has 1 aromatic carbocycles. The Bertz CT molecular complexity index is 326. The van der Waals surface area contributed by atoms with Gasteiger partial charge in [0.05, 0.1) is 0 Å². The Kier molecular flexibility index (Phi) is 3.52. The summed E-state index contributed by atoms with van der Waals surface area (Å²) in [5.41, 5.74) is 5.11. The quantitative estimate of drug-likeness (QED) is 0.799. The first-order valence-corrected chi connectivity index (χ1v) is 4.12. The van der Waals surface area contributed by atoms with Crippen LogP contribution in [-0.4, -0.2) is 12.9 Å². The topological polar surface area (TPSA) is 35.2 Å². The summed E-state index contributed by atoms with van der Waals surface area (Å²) < 4.78 is 52.1. The first kappa shape index (κ1) is 11.8. The van der Waals surface area contributed by atoms with E-state index in [0.717, 1.165) is 12.1 Å². The zero-order valence-corrected chi connectivity index (χ0v) is 7.59. The molecule has 84 valence electrons. The normalized spacial score (nSPS) is 13.7. The Labute approximate surface area is 83.6 Å². The van der Waals surface area contributed by atoms with Crippen LogP contribution in [0.2, 0.25) is 0 Å². The molecule has 0 aliphatic carbocycles. The van der Waals surface area contributed by atoms with Crippen LogP contribution in [0.1, 0.15) is 11.7 Å². The Balaban J connectivity index is 2.83. The van der Waals surface area contributed by atoms with Crippen LogP contribution >= 0.6 is 0 Å². The van der Waals surface area contributed by atoms with Gasteiger partial charge in [0.15, 0.2) is 0 Å². The molecule has 0 aliphatic rings. The standard InChI is InChI=1S/C9H9F4NO/c10-8(5-14)6-2-1-3-7(4-6)15-9(11,12)13/h1-4,8H,5,14H2. The molecule has 0 amide bonds. The van der Waals surface area contributed by atoms with Crippen molar-refractivity contribution in [2.24, 2.45) is 5.73 Å². The van der Waals surface area contributed by atoms with E-state index in [4.69, 9.17) is 5.73 Å². The van der Waals surface area contributed by atoms with Crippen LogP contribution in [0.5, 0.6) is 5.75 Å². The Morgan fingerprint density at radius 1 is 1.33 bits per heavy atom. The molecule has 0 aliphatic heterocycles. The van der Waals surface area contributed by atoms with Gasteiger partial charge >= 0.3 is 6.36 Å². The van der Waals surface area contributed by atoms with Crippen LogP contribution in [0.25, 0.3) is 0 Å². The van der Waals surface area contributed by atoms with Gasteiger partial charge in [-0.05, 0) is 17.7 Å². The molecule has 0 heterocycles. The second-order valence-corrected chi connectivity index (χ2v) is 2.82. The highest BCUT2D eigenvalue weighted by molar-refractivity contribution is 5.30. The lowest BCUT2D eigenvalue weighted by Gasteiger charge is -2.11. The van der Waals surface area contributed by atoms with Crippen LogP contribution in [0.3, 0.4) is 0 Å². The first-order valence-electron chi connectivity index (χ1n) is 4.12. The molecule has 0 radical (unpaired) electrons. The van der Waals surface area contributed by atoms with Gasteiger partial charge in [-0.2, -0.15) is 0 Å². The van der Waals surface area contributed by atoms with Crippen molar-refractivity contribution in [3.05, 3.63) is 29.8 Å². The van der Waals surface area contributed by atoms with Crippen LogP contribution in [0.4, 0.5) is 17.6 Å². The smallest absolute Gasteiger partial charge is 0.406 e. The van der Waals surface area contributed by atoms with E-state index in [2.05, 4.69) is 4.74 Å². The third-order valence-corrected chi connectivity index (χ3v) is 1.66. The van der Waals surface area contributed by atoms with Gasteiger partial charge in [-0.15, -0.1) is 13.2 Å². The summed E-state index contributed by atoms with van der Waals surface area (Å²) in [6.45, 7) is -0.282. The van der Waals surface area contributed by atoms with Crippen molar-refractivity contribution in [2.75, 3.05) is 6.54 Å². The predicted molar refractivity (Wildman–Crippen MR) is 46.0 cm³/mol. The lowest BCUT2D eigenvalue weighted by molar-refractivity contribution is -0.274. The highest BCUT2D eigenvalue weighted by Crippen LogP contribution is 2.26. The summed E-state index contributed by atoms with van der Waals surface area (Å²) in [7, 11) is 0. The fourth-order valence-corrected chi connectivity index (χ4v) is 1.04. The molecule has 1 aromatic rings. The monoisotopic (exact) mass is 223 g/mol. The number of hydrogen-bond donors (Lipinski definition) is 1. The molecular formula is C9H9F4NO. The highest BCUT2D eigenvalue weighted by atomic mass is 19.4. The van der Waals surface area contributed by atoms with E-state index >= 15 is 0 Å². The molecule has 6 heteroatoms. The lowest BCUT2D eigenvalue weighted by atomic mass is 10.1. The molecule has 1 unspecified atom stereocenters. The van der Waals surface area contributed by atoms with Gasteiger partial charge in [0.25, 0.3) is 0 Å². The van der Waals surface area contributed by atoms with Crippen molar-refractivity contribution in [3.8, 4) is 5.75 Å². The Morgan fingerprint density at radius 2 is 2.00 bits per heavy atom. The van der Waals surface area contributed by atoms with Gasteiger partial charge in [-0.25, -0.2) is 4.39 Å². The number of halogens is 4. The van der Waals surface area contributed by atoms with Crippen molar-refractivity contribution in [1.82, 2.24) is 0 Å². The predicted octanol–water partition coefficient (Wildman–Crippen LogP) is 2.55. The minimum Gasteiger partial charge on any atom is -0.406 e. The molecule has 2 nitrogen and oxygen atoms in total. The second-order valence-electron chi connectivity index (χ2n) is 2.82. The average molecular weight is 223 g/mol. The SMILES string of the molecule is NCC(F)c1cccc(OC(F)(F)F)c1. The van der Waals surface area contributed by atoms with Crippen LogP contribution in [0.15, 0.2) is 24.3 Å². The molecule has 0 bridgehead atoms. The number of alkyl halides is 4. The zero-order valence-electron chi connectivity index (χ0n) is 7.59. The van der Waals surface area contributed by atoms with Gasteiger partial charge in [-0.1, -0.05) is 12.1 Å². The van der Waals surface area contributed by atoms with Crippen LogP contribution in [-0.2, 0) is 0 Å². The summed E-state index contributed by atoms with van der Waals surface area (Å²) in [5.74, 6) is -0.448. The van der Waals surface area contributed by atoms with Crippen molar-refractivity contribution < 1.29 is 22.3 Å². The molecule has 0 aromatic heterocycles. The highest BCUT2D eigenvalue weighted by Gasteiger charge is 2.31. The summed E-state index contributed by atoms with van der Waals surface area (Å²) >= 11 is 0. The fourth-order valence-electron chi connectivity index (χ4n) is 1.04. The summed E-state index contributed by atoms with van der Waals surface area (Å²) in [6.07, 6.45) is -6.26. The van der Waals surface area contributed by atoms with Gasteiger partial charge in [0, 0.05) is 6.54 Å². The third kappa shape index (κ3) is 3.75. The van der Waals surface area contributed by atoms with Crippen molar-refractivity contribution in [3.63, 3.8) is 0 Å². The number of nitrogens with two attached hydrogens (primary N) is 1. The van der Waals surface area contributed by atoms with E-state index in [1.807, 2.05) is 0 Å². The molecule has 2 N–H and O–H groups in total. The third-order valence-electron chi connectivity index (χ3n) is 1.66. The summed E-state index contributed by atoms with van der Waals surface area (Å²) in [5, 5.41) is 0. The fraction of sp³-hybridized carbons (Fsp3) is 0.333. The van der Waals surface area contributed by atoms with Crippen molar-refractivity contribution in [1.29, 1.82) is 0 Å². The minimum atomic E-state index is -4.77. The molecule has 0 spiro atoms. The first-order chi connectivity index (χ1) is 6.92. The number of rotatable bonds is 3. The molecule has 15 heavy (non-hydrogen) atoms. The van der Waals surface area contributed by atoms with Crippen LogP contribution in [0, 0.1) is 0 Å². The van der Waals surface area contributed by atoms with E-state index < -0.39 is 18.3 Å². The lowest BCUT2D eigenvalue weighted by Crippen LogP contribution is -2.17. The second kappa shape index (κ2) is 4.48. The largest absolute Gasteiger partial charge is 0.573 e. The molecular weight excluding hydrogens is 214 g/mol. The van der Waals surface area contributed by atoms with E-state index in [9.17, 15) is 17.6 Å². The maximum atomic E-state index is 13.0. The van der Waals surface area contributed by atoms with Gasteiger partial charge < -0.3 is 10.5 Å². The maximum Gasteiger partial charge on any atom is 0.573 e. The summed E-state index contributed by atoms with van der Waals surface area (Å²) in [4.78, 5) is 0. The van der Waals surface area contributed by atoms with Gasteiger partial charge in [0.2, 0.25) is 0 Å². The molecule has 0 saturated carbocycles. The molecule has 0 fully saturated rings. The maximum absolute atomic E-state index is 13.0. The number of ether oxygens (including phenoxy) is 1. The number of hydrogen-bond acceptors (Lipinski definition) is 2. The van der Waals surface area contributed by atoms with Gasteiger partial charge in [0.1, 0.15) is 11.9 Å². The molecule has 0 saturated heterocycles. The Hall–Kier alpha value is -1.30. The van der Waals surface area contributed by atoms with E-state index in [1.165, 1.54) is 12.1 Å². The van der Waals surface area contributed by atoms with Crippen molar-refractivity contribution >= 4 is 0 Å². The average Bonchev–Trinajstić information content (AvgIpc) is 2.14. The van der Waals surface area contributed by atoms with Crippen molar-refractivity contribution in [2.45, 2.75) is 12.5 Å². The van der Waals surface area contributed by atoms with Gasteiger partial charge in [-0.3, -0.25) is 0 Å².